The number of fused-ring (bicyclic) bond motifs is 2. The number of nitrogens with zero attached hydrogens (tertiary/aromatic N) is 2. The van der Waals surface area contributed by atoms with Gasteiger partial charge in [-0.25, -0.2) is 9.37 Å². The zero-order valence-electron chi connectivity index (χ0n) is 19.2. The van der Waals surface area contributed by atoms with Crippen LogP contribution in [0.4, 0.5) is 4.39 Å². The van der Waals surface area contributed by atoms with Gasteiger partial charge < -0.3 is 24.3 Å². The Labute approximate surface area is 202 Å². The van der Waals surface area contributed by atoms with Crippen molar-refractivity contribution in [3.8, 4) is 11.5 Å². The van der Waals surface area contributed by atoms with Crippen molar-refractivity contribution >= 4 is 34.2 Å². The van der Waals surface area contributed by atoms with E-state index in [1.54, 1.807) is 26.4 Å². The molecule has 1 saturated heterocycles. The van der Waals surface area contributed by atoms with Gasteiger partial charge in [0.1, 0.15) is 11.6 Å². The van der Waals surface area contributed by atoms with E-state index in [9.17, 15) is 9.18 Å². The van der Waals surface area contributed by atoms with Crippen LogP contribution in [0.1, 0.15) is 30.1 Å². The fourth-order valence-electron chi connectivity index (χ4n) is 4.75. The molecule has 2 aromatic heterocycles. The molecular formula is C25H28ClFN4O3. The molecule has 7 nitrogen and oxygen atoms in total. The lowest BCUT2D eigenvalue weighted by Crippen LogP contribution is -2.35. The number of benzene rings is 2. The van der Waals surface area contributed by atoms with E-state index in [-0.39, 0.29) is 29.7 Å². The van der Waals surface area contributed by atoms with Crippen LogP contribution in [-0.4, -0.2) is 53.7 Å². The minimum atomic E-state index is -0.226. The first kappa shape index (κ1) is 24.0. The average molecular weight is 487 g/mol. The molecule has 1 aliphatic heterocycles. The topological polar surface area (TPSA) is 83.2 Å². The van der Waals surface area contributed by atoms with Gasteiger partial charge in [0.15, 0.2) is 11.5 Å². The highest BCUT2D eigenvalue weighted by Crippen LogP contribution is 2.32. The number of rotatable bonds is 6. The summed E-state index contributed by atoms with van der Waals surface area (Å²) in [5, 5.41) is 1.57. The average Bonchev–Trinajstić information content (AvgIpc) is 3.24. The van der Waals surface area contributed by atoms with Crippen LogP contribution in [0, 0.1) is 5.82 Å². The summed E-state index contributed by atoms with van der Waals surface area (Å²) >= 11 is 0. The standard InChI is InChI=1S/C25H27FN4O3.ClH/c1-32-22-12-19-21(13-23(22)33-2)28-24(29-25(19)31)15-5-8-30(9-6-15)10-7-16-14-27-20-11-17(26)3-4-18(16)20;/h3-4,11-15,27H,5-10H2,1-2H3,(H,28,29,31);1H. The Morgan fingerprint density at radius 2 is 1.82 bits per heavy atom. The third-order valence-corrected chi connectivity index (χ3v) is 6.63. The molecule has 1 aliphatic rings. The molecule has 0 bridgehead atoms. The minimum absolute atomic E-state index is 0. The van der Waals surface area contributed by atoms with Crippen molar-refractivity contribution in [2.45, 2.75) is 25.2 Å². The van der Waals surface area contributed by atoms with Crippen molar-refractivity contribution in [2.75, 3.05) is 33.9 Å². The van der Waals surface area contributed by atoms with Gasteiger partial charge in [-0.1, -0.05) is 0 Å². The van der Waals surface area contributed by atoms with Gasteiger partial charge in [-0.15, -0.1) is 12.4 Å². The molecule has 0 saturated carbocycles. The molecule has 1 fully saturated rings. The molecule has 0 spiro atoms. The first-order valence-corrected chi connectivity index (χ1v) is 11.2. The summed E-state index contributed by atoms with van der Waals surface area (Å²) < 4.78 is 24.1. The summed E-state index contributed by atoms with van der Waals surface area (Å²) in [6.07, 6.45) is 4.74. The molecule has 0 unspecified atom stereocenters. The van der Waals surface area contributed by atoms with Gasteiger partial charge in [0, 0.05) is 35.6 Å². The number of aromatic nitrogens is 3. The second-order valence-electron chi connectivity index (χ2n) is 8.55. The number of aromatic amines is 2. The molecule has 0 radical (unpaired) electrons. The Balaban J connectivity index is 0.00000274. The third-order valence-electron chi connectivity index (χ3n) is 6.63. The zero-order valence-corrected chi connectivity index (χ0v) is 20.0. The number of ether oxygens (including phenoxy) is 2. The Morgan fingerprint density at radius 1 is 1.09 bits per heavy atom. The number of nitrogens with one attached hydrogen (secondary N) is 2. The van der Waals surface area contributed by atoms with E-state index in [1.807, 2.05) is 12.3 Å². The van der Waals surface area contributed by atoms with E-state index in [2.05, 4.69) is 14.9 Å². The van der Waals surface area contributed by atoms with Crippen molar-refractivity contribution in [3.63, 3.8) is 0 Å². The van der Waals surface area contributed by atoms with Gasteiger partial charge in [-0.2, -0.15) is 0 Å². The molecule has 5 rings (SSSR count). The molecule has 0 atom stereocenters. The smallest absolute Gasteiger partial charge is 0.258 e. The Hall–Kier alpha value is -3.10. The molecule has 0 aliphatic carbocycles. The lowest BCUT2D eigenvalue weighted by atomic mass is 9.95. The van der Waals surface area contributed by atoms with Gasteiger partial charge in [-0.3, -0.25) is 4.79 Å². The Kier molecular flexibility index (Phi) is 7.09. The fraction of sp³-hybridized carbons (Fsp3) is 0.360. The first-order valence-electron chi connectivity index (χ1n) is 11.2. The van der Waals surface area contributed by atoms with E-state index < -0.39 is 0 Å². The van der Waals surface area contributed by atoms with Crippen LogP contribution in [-0.2, 0) is 6.42 Å². The number of H-pyrrole nitrogens is 2. The fourth-order valence-corrected chi connectivity index (χ4v) is 4.75. The lowest BCUT2D eigenvalue weighted by Gasteiger charge is -2.31. The molecule has 2 N–H and O–H groups in total. The largest absolute Gasteiger partial charge is 0.493 e. The monoisotopic (exact) mass is 486 g/mol. The number of likely N-dealkylation sites (tertiary alicyclic amines) is 1. The second-order valence-corrected chi connectivity index (χ2v) is 8.55. The van der Waals surface area contributed by atoms with Crippen LogP contribution >= 0.6 is 12.4 Å². The number of halogens is 2. The molecule has 2 aromatic carbocycles. The maximum Gasteiger partial charge on any atom is 0.258 e. The molecule has 9 heteroatoms. The van der Waals surface area contributed by atoms with E-state index in [1.165, 1.54) is 17.7 Å². The predicted octanol–water partition coefficient (Wildman–Crippen LogP) is 4.40. The van der Waals surface area contributed by atoms with Crippen molar-refractivity contribution < 1.29 is 13.9 Å². The number of hydrogen-bond acceptors (Lipinski definition) is 5. The lowest BCUT2D eigenvalue weighted by molar-refractivity contribution is 0.211. The summed E-state index contributed by atoms with van der Waals surface area (Å²) in [5.41, 5.74) is 2.50. The van der Waals surface area contributed by atoms with Crippen LogP contribution in [0.3, 0.4) is 0 Å². The van der Waals surface area contributed by atoms with Gasteiger partial charge in [0.2, 0.25) is 0 Å². The van der Waals surface area contributed by atoms with Crippen molar-refractivity contribution in [1.29, 1.82) is 0 Å². The Bertz CT molecular complexity index is 1360. The summed E-state index contributed by atoms with van der Waals surface area (Å²) in [6.45, 7) is 2.82. The van der Waals surface area contributed by atoms with Crippen LogP contribution < -0.4 is 15.0 Å². The van der Waals surface area contributed by atoms with E-state index in [0.29, 0.717) is 22.4 Å². The molecule has 180 valence electrons. The molecule has 4 aromatic rings. The zero-order chi connectivity index (χ0) is 22.9. The van der Waals surface area contributed by atoms with Crippen LogP contribution in [0.5, 0.6) is 11.5 Å². The van der Waals surface area contributed by atoms with Gasteiger partial charge in [0.05, 0.1) is 25.1 Å². The quantitative estimate of drug-likeness (QED) is 0.422. The van der Waals surface area contributed by atoms with Gasteiger partial charge in [-0.05, 0) is 62.2 Å². The van der Waals surface area contributed by atoms with Crippen LogP contribution in [0.25, 0.3) is 21.8 Å². The van der Waals surface area contributed by atoms with E-state index in [0.717, 1.165) is 55.6 Å². The maximum absolute atomic E-state index is 13.4. The highest BCUT2D eigenvalue weighted by molar-refractivity contribution is 5.85. The van der Waals surface area contributed by atoms with Crippen molar-refractivity contribution in [3.05, 3.63) is 64.1 Å². The summed E-state index contributed by atoms with van der Waals surface area (Å²) in [7, 11) is 3.12. The van der Waals surface area contributed by atoms with Crippen molar-refractivity contribution in [2.24, 2.45) is 0 Å². The molecular weight excluding hydrogens is 459 g/mol. The first-order chi connectivity index (χ1) is 16.1. The third kappa shape index (κ3) is 4.60. The van der Waals surface area contributed by atoms with Crippen LogP contribution in [0.2, 0.25) is 0 Å². The highest BCUT2D eigenvalue weighted by Gasteiger charge is 2.23. The maximum atomic E-state index is 13.4. The Morgan fingerprint density at radius 3 is 2.56 bits per heavy atom. The number of piperidine rings is 1. The van der Waals surface area contributed by atoms with Crippen molar-refractivity contribution in [1.82, 2.24) is 19.9 Å². The summed E-state index contributed by atoms with van der Waals surface area (Å²) in [6, 6.07) is 8.32. The van der Waals surface area contributed by atoms with Gasteiger partial charge in [0.25, 0.3) is 5.56 Å². The number of methoxy groups -OCH3 is 2. The summed E-state index contributed by atoms with van der Waals surface area (Å²) in [5.74, 6) is 1.79. The molecule has 3 heterocycles. The predicted molar refractivity (Wildman–Crippen MR) is 133 cm³/mol. The molecule has 0 amide bonds. The summed E-state index contributed by atoms with van der Waals surface area (Å²) in [4.78, 5) is 26.0. The van der Waals surface area contributed by atoms with E-state index in [4.69, 9.17) is 14.5 Å². The van der Waals surface area contributed by atoms with Crippen LogP contribution in [0.15, 0.2) is 41.3 Å². The van der Waals surface area contributed by atoms with E-state index >= 15 is 0 Å². The second kappa shape index (κ2) is 10.0. The minimum Gasteiger partial charge on any atom is -0.493 e. The molecule has 34 heavy (non-hydrogen) atoms. The number of hydrogen-bond donors (Lipinski definition) is 2. The van der Waals surface area contributed by atoms with Gasteiger partial charge >= 0.3 is 0 Å². The SMILES string of the molecule is COc1cc2nc(C3CCN(CCc4c[nH]c5cc(F)ccc45)CC3)[nH]c(=O)c2cc1OC.Cl. The highest BCUT2D eigenvalue weighted by atomic mass is 35.5. The normalized spacial score (nSPS) is 14.9.